The van der Waals surface area contributed by atoms with Crippen molar-refractivity contribution in [2.45, 2.75) is 43.2 Å². The molecule has 0 aromatic heterocycles. The average molecular weight is 364 g/mol. The Hall–Kier alpha value is -0.820. The van der Waals surface area contributed by atoms with Crippen molar-refractivity contribution in [3.05, 3.63) is 27.7 Å². The van der Waals surface area contributed by atoms with Gasteiger partial charge in [-0.15, -0.1) is 0 Å². The van der Waals surface area contributed by atoms with Crippen molar-refractivity contribution in [3.63, 3.8) is 0 Å². The minimum atomic E-state index is -3.80. The van der Waals surface area contributed by atoms with Crippen LogP contribution >= 0.6 is 23.2 Å². The summed E-state index contributed by atoms with van der Waals surface area (Å²) in [6, 6.07) is 2.03. The molecule has 2 bridgehead atoms. The van der Waals surface area contributed by atoms with Gasteiger partial charge in [0.25, 0.3) is 0 Å². The van der Waals surface area contributed by atoms with Crippen LogP contribution in [0.3, 0.4) is 0 Å². The molecule has 0 spiro atoms. The zero-order valence-electron chi connectivity index (χ0n) is 11.8. The number of carboxylic acid groups (broad SMARTS) is 1. The summed E-state index contributed by atoms with van der Waals surface area (Å²) in [5.74, 6) is -1.57. The molecule has 0 amide bonds. The molecule has 0 saturated carbocycles. The summed E-state index contributed by atoms with van der Waals surface area (Å²) in [7, 11) is -3.80. The lowest BCUT2D eigenvalue weighted by Crippen LogP contribution is -2.37. The van der Waals surface area contributed by atoms with E-state index in [1.165, 1.54) is 16.4 Å². The maximum Gasteiger partial charge on any atom is 0.308 e. The van der Waals surface area contributed by atoms with Gasteiger partial charge in [-0.1, -0.05) is 23.2 Å². The quantitative estimate of drug-likeness (QED) is 0.895. The van der Waals surface area contributed by atoms with Crippen molar-refractivity contribution in [1.82, 2.24) is 4.31 Å². The SMILES string of the molecule is Cc1c(Cl)cc(S(=O)(=O)N2C3CCC2C(C(=O)O)C3)cc1Cl. The lowest BCUT2D eigenvalue weighted by molar-refractivity contribution is -0.142. The molecule has 2 aliphatic rings. The second-order valence-electron chi connectivity index (χ2n) is 5.83. The molecule has 2 aliphatic heterocycles. The number of rotatable bonds is 3. The number of halogens is 2. The van der Waals surface area contributed by atoms with Gasteiger partial charge < -0.3 is 5.11 Å². The van der Waals surface area contributed by atoms with Gasteiger partial charge in [-0.3, -0.25) is 4.79 Å². The monoisotopic (exact) mass is 363 g/mol. The number of aliphatic carboxylic acids is 1. The normalized spacial score (nSPS) is 28.2. The third-order valence-corrected chi connectivity index (χ3v) is 7.36. The fraction of sp³-hybridized carbons (Fsp3) is 0.500. The Labute approximate surface area is 138 Å². The number of fused-ring (bicyclic) bond motifs is 2. The standard InChI is InChI=1S/C14H15Cl2NO4S/c1-7-11(15)5-9(6-12(7)16)22(20,21)17-8-2-3-13(17)10(4-8)14(18)19/h5-6,8,10,13H,2-4H2,1H3,(H,18,19). The lowest BCUT2D eigenvalue weighted by Gasteiger charge is -2.23. The van der Waals surface area contributed by atoms with E-state index in [0.29, 0.717) is 24.8 Å². The Morgan fingerprint density at radius 2 is 1.86 bits per heavy atom. The van der Waals surface area contributed by atoms with Crippen LogP contribution in [0.25, 0.3) is 0 Å². The molecular weight excluding hydrogens is 349 g/mol. The van der Waals surface area contributed by atoms with Crippen molar-refractivity contribution in [2.24, 2.45) is 5.92 Å². The molecule has 2 fully saturated rings. The number of carbonyl (C=O) groups is 1. The predicted octanol–water partition coefficient (Wildman–Crippen LogP) is 2.93. The summed E-state index contributed by atoms with van der Waals surface area (Å²) in [5.41, 5.74) is 0.620. The molecular formula is C14H15Cl2NO4S. The molecule has 3 unspecified atom stereocenters. The number of benzene rings is 1. The molecule has 1 N–H and O–H groups in total. The molecule has 2 heterocycles. The van der Waals surface area contributed by atoms with E-state index in [4.69, 9.17) is 23.2 Å². The van der Waals surface area contributed by atoms with E-state index in [1.54, 1.807) is 6.92 Å². The number of hydrogen-bond donors (Lipinski definition) is 1. The van der Waals surface area contributed by atoms with Gasteiger partial charge >= 0.3 is 5.97 Å². The van der Waals surface area contributed by atoms with Gasteiger partial charge in [0.1, 0.15) is 0 Å². The van der Waals surface area contributed by atoms with E-state index in [0.717, 1.165) is 0 Å². The third-order valence-electron chi connectivity index (χ3n) is 4.62. The minimum absolute atomic E-state index is 0.0241. The molecule has 1 aromatic carbocycles. The van der Waals surface area contributed by atoms with Crippen LogP contribution in [0.1, 0.15) is 24.8 Å². The second kappa shape index (κ2) is 5.37. The Morgan fingerprint density at radius 1 is 1.27 bits per heavy atom. The van der Waals surface area contributed by atoms with Crippen LogP contribution in [0.5, 0.6) is 0 Å². The maximum absolute atomic E-state index is 12.9. The van der Waals surface area contributed by atoms with Crippen LogP contribution in [0.15, 0.2) is 17.0 Å². The number of hydrogen-bond acceptors (Lipinski definition) is 3. The molecule has 8 heteroatoms. The summed E-state index contributed by atoms with van der Waals surface area (Å²) in [6.07, 6.45) is 1.64. The molecule has 1 aromatic rings. The first-order chi connectivity index (χ1) is 10.2. The number of sulfonamides is 1. The highest BCUT2D eigenvalue weighted by atomic mass is 35.5. The highest BCUT2D eigenvalue weighted by molar-refractivity contribution is 7.89. The summed E-state index contributed by atoms with van der Waals surface area (Å²) in [5, 5.41) is 9.82. The second-order valence-corrected chi connectivity index (χ2v) is 8.48. The summed E-state index contributed by atoms with van der Waals surface area (Å²) in [4.78, 5) is 11.3. The average Bonchev–Trinajstić information content (AvgIpc) is 3.02. The molecule has 3 rings (SSSR count). The van der Waals surface area contributed by atoms with E-state index in [-0.39, 0.29) is 21.0 Å². The van der Waals surface area contributed by atoms with Gasteiger partial charge in [0.15, 0.2) is 0 Å². The van der Waals surface area contributed by atoms with Gasteiger partial charge in [0.05, 0.1) is 10.8 Å². The molecule has 22 heavy (non-hydrogen) atoms. The summed E-state index contributed by atoms with van der Waals surface area (Å²) >= 11 is 12.1. The Bertz CT molecular complexity index is 726. The van der Waals surface area contributed by atoms with Gasteiger partial charge in [0, 0.05) is 22.1 Å². The van der Waals surface area contributed by atoms with Crippen molar-refractivity contribution >= 4 is 39.2 Å². The number of carboxylic acids is 1. The van der Waals surface area contributed by atoms with E-state index >= 15 is 0 Å². The van der Waals surface area contributed by atoms with Crippen molar-refractivity contribution in [3.8, 4) is 0 Å². The minimum Gasteiger partial charge on any atom is -0.481 e. The van der Waals surface area contributed by atoms with Crippen LogP contribution in [-0.4, -0.2) is 35.9 Å². The van der Waals surface area contributed by atoms with Gasteiger partial charge in [-0.2, -0.15) is 4.31 Å². The molecule has 0 aliphatic carbocycles. The van der Waals surface area contributed by atoms with Gasteiger partial charge in [-0.25, -0.2) is 8.42 Å². The predicted molar refractivity (Wildman–Crippen MR) is 82.8 cm³/mol. The van der Waals surface area contributed by atoms with E-state index in [1.807, 2.05) is 0 Å². The first-order valence-electron chi connectivity index (χ1n) is 6.95. The molecule has 3 atom stereocenters. The Balaban J connectivity index is 2.03. The molecule has 2 saturated heterocycles. The highest BCUT2D eigenvalue weighted by Crippen LogP contribution is 2.45. The smallest absolute Gasteiger partial charge is 0.308 e. The molecule has 5 nitrogen and oxygen atoms in total. The van der Waals surface area contributed by atoms with Crippen LogP contribution < -0.4 is 0 Å². The zero-order valence-corrected chi connectivity index (χ0v) is 14.1. The zero-order chi connectivity index (χ0) is 16.2. The lowest BCUT2D eigenvalue weighted by atomic mass is 9.89. The van der Waals surface area contributed by atoms with Crippen molar-refractivity contribution in [2.75, 3.05) is 0 Å². The van der Waals surface area contributed by atoms with Gasteiger partial charge in [0.2, 0.25) is 10.0 Å². The van der Waals surface area contributed by atoms with Crippen LogP contribution in [0, 0.1) is 12.8 Å². The first kappa shape index (κ1) is 16.1. The maximum atomic E-state index is 12.9. The Morgan fingerprint density at radius 3 is 2.36 bits per heavy atom. The van der Waals surface area contributed by atoms with Gasteiger partial charge in [-0.05, 0) is 43.9 Å². The highest BCUT2D eigenvalue weighted by Gasteiger charge is 2.54. The van der Waals surface area contributed by atoms with E-state index < -0.39 is 28.0 Å². The van der Waals surface area contributed by atoms with Crippen LogP contribution in [0.2, 0.25) is 10.0 Å². The van der Waals surface area contributed by atoms with Crippen LogP contribution in [0.4, 0.5) is 0 Å². The fourth-order valence-electron chi connectivity index (χ4n) is 3.47. The van der Waals surface area contributed by atoms with E-state index in [9.17, 15) is 18.3 Å². The topological polar surface area (TPSA) is 74.7 Å². The van der Waals surface area contributed by atoms with Crippen molar-refractivity contribution in [1.29, 1.82) is 0 Å². The third kappa shape index (κ3) is 2.33. The molecule has 0 radical (unpaired) electrons. The van der Waals surface area contributed by atoms with E-state index in [2.05, 4.69) is 0 Å². The molecule has 120 valence electrons. The summed E-state index contributed by atoms with van der Waals surface area (Å²) in [6.45, 7) is 1.71. The largest absolute Gasteiger partial charge is 0.481 e. The number of nitrogens with zero attached hydrogens (tertiary/aromatic N) is 1. The van der Waals surface area contributed by atoms with Crippen LogP contribution in [-0.2, 0) is 14.8 Å². The van der Waals surface area contributed by atoms with Crippen molar-refractivity contribution < 1.29 is 18.3 Å². The Kier molecular flexibility index (Phi) is 3.92. The first-order valence-corrected chi connectivity index (χ1v) is 9.15. The summed E-state index contributed by atoms with van der Waals surface area (Å²) < 4.78 is 27.1. The fourth-order valence-corrected chi connectivity index (χ4v) is 6.06.